The summed E-state index contributed by atoms with van der Waals surface area (Å²) in [6.45, 7) is 0. The maximum absolute atomic E-state index is 10.2. The molecule has 0 unspecified atom stereocenters. The summed E-state index contributed by atoms with van der Waals surface area (Å²) in [7, 11) is 0. The quantitative estimate of drug-likeness (QED) is 0.515. The number of aldehydes is 1. The van der Waals surface area contributed by atoms with E-state index in [1.54, 1.807) is 0 Å². The van der Waals surface area contributed by atoms with Crippen LogP contribution in [-0.4, -0.2) is 6.29 Å². The van der Waals surface area contributed by atoms with Gasteiger partial charge in [0.1, 0.15) is 6.29 Å². The predicted octanol–water partition coefficient (Wildman–Crippen LogP) is 3.05. The fourth-order valence-corrected chi connectivity index (χ4v) is 1.54. The SMILES string of the molecule is O=C/C=C\c1cccc2ccccc12. The van der Waals surface area contributed by atoms with Crippen LogP contribution in [0.2, 0.25) is 0 Å². The first-order valence-corrected chi connectivity index (χ1v) is 4.51. The van der Waals surface area contributed by atoms with E-state index in [0.29, 0.717) is 0 Å². The van der Waals surface area contributed by atoms with Crippen LogP contribution in [0.25, 0.3) is 16.8 Å². The van der Waals surface area contributed by atoms with Gasteiger partial charge in [-0.25, -0.2) is 0 Å². The monoisotopic (exact) mass is 182 g/mol. The first-order valence-electron chi connectivity index (χ1n) is 4.51. The lowest BCUT2D eigenvalue weighted by Gasteiger charge is -2.00. The molecule has 0 saturated heterocycles. The van der Waals surface area contributed by atoms with Gasteiger partial charge in [-0.2, -0.15) is 0 Å². The van der Waals surface area contributed by atoms with E-state index in [2.05, 4.69) is 18.2 Å². The number of benzene rings is 2. The Morgan fingerprint density at radius 3 is 2.57 bits per heavy atom. The third-order valence-electron chi connectivity index (χ3n) is 2.18. The molecule has 1 nitrogen and oxygen atoms in total. The molecule has 0 aromatic heterocycles. The van der Waals surface area contributed by atoms with E-state index < -0.39 is 0 Å². The zero-order chi connectivity index (χ0) is 9.80. The van der Waals surface area contributed by atoms with Crippen LogP contribution in [0.3, 0.4) is 0 Å². The fourth-order valence-electron chi connectivity index (χ4n) is 1.54. The van der Waals surface area contributed by atoms with Crippen molar-refractivity contribution >= 4 is 23.1 Å². The first-order chi connectivity index (χ1) is 6.92. The Kier molecular flexibility index (Phi) is 2.41. The van der Waals surface area contributed by atoms with Crippen LogP contribution >= 0.6 is 0 Å². The Bertz CT molecular complexity index is 478. The van der Waals surface area contributed by atoms with Crippen LogP contribution in [0.5, 0.6) is 0 Å². The van der Waals surface area contributed by atoms with Crippen molar-refractivity contribution < 1.29 is 4.79 Å². The molecule has 0 heterocycles. The number of rotatable bonds is 2. The van der Waals surface area contributed by atoms with E-state index in [4.69, 9.17) is 0 Å². The van der Waals surface area contributed by atoms with Crippen molar-refractivity contribution in [3.05, 3.63) is 54.1 Å². The van der Waals surface area contributed by atoms with Crippen molar-refractivity contribution in [1.29, 1.82) is 0 Å². The van der Waals surface area contributed by atoms with Gasteiger partial charge in [0.15, 0.2) is 0 Å². The molecule has 0 aliphatic carbocycles. The highest BCUT2D eigenvalue weighted by Gasteiger charge is 1.94. The van der Waals surface area contributed by atoms with E-state index in [0.717, 1.165) is 11.8 Å². The molecule has 1 heteroatoms. The second-order valence-electron chi connectivity index (χ2n) is 3.06. The molecule has 0 amide bonds. The van der Waals surface area contributed by atoms with Crippen LogP contribution < -0.4 is 0 Å². The maximum Gasteiger partial charge on any atom is 0.142 e. The third-order valence-corrected chi connectivity index (χ3v) is 2.18. The summed E-state index contributed by atoms with van der Waals surface area (Å²) in [4.78, 5) is 10.2. The molecule has 0 radical (unpaired) electrons. The van der Waals surface area contributed by atoms with Gasteiger partial charge < -0.3 is 0 Å². The number of hydrogen-bond donors (Lipinski definition) is 0. The molecule has 2 rings (SSSR count). The summed E-state index contributed by atoms with van der Waals surface area (Å²) in [6.07, 6.45) is 4.14. The highest BCUT2D eigenvalue weighted by molar-refractivity contribution is 5.92. The maximum atomic E-state index is 10.2. The Morgan fingerprint density at radius 1 is 0.929 bits per heavy atom. The van der Waals surface area contributed by atoms with Crippen molar-refractivity contribution in [3.8, 4) is 0 Å². The largest absolute Gasteiger partial charge is 0.299 e. The lowest BCUT2D eigenvalue weighted by Crippen LogP contribution is -1.77. The summed E-state index contributed by atoms with van der Waals surface area (Å²) in [5.74, 6) is 0. The van der Waals surface area contributed by atoms with Gasteiger partial charge in [0.05, 0.1) is 0 Å². The van der Waals surface area contributed by atoms with E-state index >= 15 is 0 Å². The van der Waals surface area contributed by atoms with Crippen LogP contribution in [0.1, 0.15) is 5.56 Å². The molecule has 14 heavy (non-hydrogen) atoms. The highest BCUT2D eigenvalue weighted by Crippen LogP contribution is 2.19. The number of carbonyl (C=O) groups excluding carboxylic acids is 1. The lowest BCUT2D eigenvalue weighted by atomic mass is 10.0. The average molecular weight is 182 g/mol. The minimum absolute atomic E-state index is 0.793. The average Bonchev–Trinajstić information content (AvgIpc) is 2.26. The van der Waals surface area contributed by atoms with Gasteiger partial charge in [-0.1, -0.05) is 48.5 Å². The van der Waals surface area contributed by atoms with E-state index in [1.807, 2.05) is 30.3 Å². The highest BCUT2D eigenvalue weighted by atomic mass is 16.1. The zero-order valence-electron chi connectivity index (χ0n) is 7.68. The van der Waals surface area contributed by atoms with Gasteiger partial charge in [0.2, 0.25) is 0 Å². The number of allylic oxidation sites excluding steroid dienone is 1. The molecule has 0 fully saturated rings. The van der Waals surface area contributed by atoms with Gasteiger partial charge in [0.25, 0.3) is 0 Å². The van der Waals surface area contributed by atoms with Crippen LogP contribution in [-0.2, 0) is 4.79 Å². The first kappa shape index (κ1) is 8.70. The Morgan fingerprint density at radius 2 is 1.71 bits per heavy atom. The van der Waals surface area contributed by atoms with Crippen molar-refractivity contribution in [2.75, 3.05) is 0 Å². The molecule has 0 bridgehead atoms. The zero-order valence-corrected chi connectivity index (χ0v) is 7.68. The molecule has 0 spiro atoms. The summed E-state index contributed by atoms with van der Waals surface area (Å²) in [5.41, 5.74) is 1.08. The minimum atomic E-state index is 0.793. The molecule has 0 aliphatic rings. The summed E-state index contributed by atoms with van der Waals surface area (Å²) in [5, 5.41) is 2.37. The Labute approximate surface area is 82.7 Å². The molecule has 0 atom stereocenters. The van der Waals surface area contributed by atoms with Gasteiger partial charge in [0, 0.05) is 0 Å². The molecule has 2 aromatic rings. The lowest BCUT2D eigenvalue weighted by molar-refractivity contribution is -0.104. The second kappa shape index (κ2) is 3.88. The molecule has 68 valence electrons. The fraction of sp³-hybridized carbons (Fsp3) is 0. The number of carbonyl (C=O) groups is 1. The van der Waals surface area contributed by atoms with Gasteiger partial charge in [-0.05, 0) is 22.4 Å². The Balaban J connectivity index is 2.64. The molecule has 0 aliphatic heterocycles. The standard InChI is InChI=1S/C13H10O/c14-10-4-8-12-7-3-6-11-5-1-2-9-13(11)12/h1-10H/b8-4-. The van der Waals surface area contributed by atoms with Gasteiger partial charge >= 0.3 is 0 Å². The van der Waals surface area contributed by atoms with Crippen LogP contribution in [0.4, 0.5) is 0 Å². The topological polar surface area (TPSA) is 17.1 Å². The normalized spacial score (nSPS) is 10.9. The van der Waals surface area contributed by atoms with Crippen molar-refractivity contribution in [2.45, 2.75) is 0 Å². The molecular weight excluding hydrogens is 172 g/mol. The van der Waals surface area contributed by atoms with E-state index in [1.165, 1.54) is 16.8 Å². The third kappa shape index (κ3) is 1.57. The van der Waals surface area contributed by atoms with Crippen molar-refractivity contribution in [3.63, 3.8) is 0 Å². The van der Waals surface area contributed by atoms with Gasteiger partial charge in [-0.3, -0.25) is 4.79 Å². The minimum Gasteiger partial charge on any atom is -0.299 e. The molecule has 0 saturated carbocycles. The van der Waals surface area contributed by atoms with Gasteiger partial charge in [-0.15, -0.1) is 0 Å². The van der Waals surface area contributed by atoms with E-state index in [-0.39, 0.29) is 0 Å². The Hall–Kier alpha value is -1.89. The number of fused-ring (bicyclic) bond motifs is 1. The molecule has 0 N–H and O–H groups in total. The van der Waals surface area contributed by atoms with Crippen LogP contribution in [0.15, 0.2) is 48.5 Å². The van der Waals surface area contributed by atoms with Crippen molar-refractivity contribution in [2.24, 2.45) is 0 Å². The summed E-state index contributed by atoms with van der Waals surface area (Å²) < 4.78 is 0. The van der Waals surface area contributed by atoms with E-state index in [9.17, 15) is 4.79 Å². The smallest absolute Gasteiger partial charge is 0.142 e. The predicted molar refractivity (Wildman–Crippen MR) is 59.0 cm³/mol. The van der Waals surface area contributed by atoms with Crippen LogP contribution in [0, 0.1) is 0 Å². The van der Waals surface area contributed by atoms with Crippen molar-refractivity contribution in [1.82, 2.24) is 0 Å². The molecule has 2 aromatic carbocycles. The summed E-state index contributed by atoms with van der Waals surface area (Å²) >= 11 is 0. The number of hydrogen-bond acceptors (Lipinski definition) is 1. The summed E-state index contributed by atoms with van der Waals surface area (Å²) in [6, 6.07) is 14.2. The molecular formula is C13H10O. The second-order valence-corrected chi connectivity index (χ2v) is 3.06.